The second kappa shape index (κ2) is 11.8. The van der Waals surface area contributed by atoms with Gasteiger partial charge in [0.15, 0.2) is 15.6 Å². The number of hydrogen-bond acceptors (Lipinski definition) is 6. The first-order valence-corrected chi connectivity index (χ1v) is 12.5. The third-order valence-electron chi connectivity index (χ3n) is 5.88. The lowest BCUT2D eigenvalue weighted by atomic mass is 9.82. The summed E-state index contributed by atoms with van der Waals surface area (Å²) in [5.74, 6) is -1.05. The maximum Gasteiger partial charge on any atom is 0.305 e. The molecule has 0 aliphatic carbocycles. The minimum absolute atomic E-state index is 0.0241. The Bertz CT molecular complexity index is 665. The average molecular weight is 431 g/mol. The monoisotopic (exact) mass is 430 g/mol. The smallest absolute Gasteiger partial charge is 0.305 e. The third kappa shape index (κ3) is 8.21. The van der Waals surface area contributed by atoms with E-state index in [1.165, 1.54) is 13.2 Å². The number of unbranched alkanes of at least 4 members (excludes halogenated alkanes) is 4. The maximum absolute atomic E-state index is 12.6. The first kappa shape index (κ1) is 25.8. The van der Waals surface area contributed by atoms with Crippen LogP contribution in [0.5, 0.6) is 0 Å². The number of aliphatic hydroxyl groups is 1. The van der Waals surface area contributed by atoms with Gasteiger partial charge in [0, 0.05) is 17.8 Å². The summed E-state index contributed by atoms with van der Waals surface area (Å²) in [7, 11) is -2.02. The van der Waals surface area contributed by atoms with Crippen LogP contribution in [0.15, 0.2) is 12.2 Å². The van der Waals surface area contributed by atoms with Gasteiger partial charge in [0.1, 0.15) is 0 Å². The van der Waals surface area contributed by atoms with Gasteiger partial charge in [0.05, 0.1) is 24.2 Å². The van der Waals surface area contributed by atoms with Crippen LogP contribution in [0.4, 0.5) is 0 Å². The van der Waals surface area contributed by atoms with Crippen molar-refractivity contribution in [2.75, 3.05) is 12.9 Å². The van der Waals surface area contributed by atoms with Crippen LogP contribution in [-0.2, 0) is 24.2 Å². The normalized spacial score (nSPS) is 24.1. The van der Waals surface area contributed by atoms with Crippen LogP contribution in [0.3, 0.4) is 0 Å². The number of allylic oxidation sites excluding steroid dienone is 1. The predicted octanol–water partition coefficient (Wildman–Crippen LogP) is 3.62. The molecule has 1 heterocycles. The van der Waals surface area contributed by atoms with Gasteiger partial charge in [-0.1, -0.05) is 59.0 Å². The van der Waals surface area contributed by atoms with E-state index in [1.807, 2.05) is 13.8 Å². The summed E-state index contributed by atoms with van der Waals surface area (Å²) in [6.45, 7) is 5.89. The zero-order chi connectivity index (χ0) is 22.1. The molecule has 1 fully saturated rings. The standard InChI is InChI=1S/C22H38O6S/c1-5-6-15-22(2,3)20(24)14-13-17-18(23)16-29(26,27)19(17)11-9-7-8-10-12-21(25)28-4/h13-14,17-19,23H,5-12,15-16H2,1-4H3/t17-,18+,19+/m1/s1. The van der Waals surface area contributed by atoms with E-state index in [4.69, 9.17) is 0 Å². The summed E-state index contributed by atoms with van der Waals surface area (Å²) in [6.07, 6.45) is 8.80. The molecule has 0 aromatic carbocycles. The highest BCUT2D eigenvalue weighted by molar-refractivity contribution is 7.92. The fraction of sp³-hybridized carbons (Fsp3) is 0.818. The van der Waals surface area contributed by atoms with Crippen molar-refractivity contribution in [2.45, 2.75) is 89.9 Å². The summed E-state index contributed by atoms with van der Waals surface area (Å²) >= 11 is 0. The van der Waals surface area contributed by atoms with Crippen LogP contribution in [0.25, 0.3) is 0 Å². The van der Waals surface area contributed by atoms with E-state index >= 15 is 0 Å². The third-order valence-corrected chi connectivity index (χ3v) is 8.16. The molecule has 1 aliphatic heterocycles. The molecule has 1 N–H and O–H groups in total. The van der Waals surface area contributed by atoms with Gasteiger partial charge < -0.3 is 9.84 Å². The minimum atomic E-state index is -3.38. The summed E-state index contributed by atoms with van der Waals surface area (Å²) in [5, 5.41) is 9.64. The van der Waals surface area contributed by atoms with Crippen molar-refractivity contribution in [3.05, 3.63) is 12.2 Å². The molecule has 1 saturated heterocycles. The predicted molar refractivity (Wildman–Crippen MR) is 114 cm³/mol. The number of esters is 1. The Labute approximate surface area is 176 Å². The Morgan fingerprint density at radius 3 is 2.41 bits per heavy atom. The van der Waals surface area contributed by atoms with Gasteiger partial charge in [-0.05, 0) is 25.3 Å². The number of carbonyl (C=O) groups is 2. The lowest BCUT2D eigenvalue weighted by molar-refractivity contribution is -0.140. The van der Waals surface area contributed by atoms with E-state index in [1.54, 1.807) is 6.08 Å². The quantitative estimate of drug-likeness (QED) is 0.272. The number of carbonyl (C=O) groups excluding carboxylic acids is 2. The molecular weight excluding hydrogens is 392 g/mol. The van der Waals surface area contributed by atoms with E-state index in [9.17, 15) is 23.1 Å². The molecule has 0 bridgehead atoms. The van der Waals surface area contributed by atoms with E-state index in [0.717, 1.165) is 38.5 Å². The number of aliphatic hydroxyl groups excluding tert-OH is 1. The van der Waals surface area contributed by atoms with Crippen molar-refractivity contribution in [3.63, 3.8) is 0 Å². The largest absolute Gasteiger partial charge is 0.469 e. The molecule has 0 spiro atoms. The Hall–Kier alpha value is -1.21. The molecular formula is C22H38O6S. The summed E-state index contributed by atoms with van der Waals surface area (Å²) in [5.41, 5.74) is -0.482. The Morgan fingerprint density at radius 2 is 1.79 bits per heavy atom. The molecule has 6 nitrogen and oxygen atoms in total. The summed E-state index contributed by atoms with van der Waals surface area (Å²) in [6, 6.07) is 0. The van der Waals surface area contributed by atoms with Crippen LogP contribution in [0, 0.1) is 11.3 Å². The molecule has 1 aliphatic rings. The van der Waals surface area contributed by atoms with E-state index in [-0.39, 0.29) is 17.5 Å². The number of methoxy groups -OCH3 is 1. The highest BCUT2D eigenvalue weighted by Gasteiger charge is 2.44. The van der Waals surface area contributed by atoms with E-state index < -0.39 is 32.5 Å². The Kier molecular flexibility index (Phi) is 10.5. The molecule has 7 heteroatoms. The molecule has 1 rings (SSSR count). The van der Waals surface area contributed by atoms with Crippen molar-refractivity contribution in [1.82, 2.24) is 0 Å². The molecule has 0 aromatic heterocycles. The van der Waals surface area contributed by atoms with Gasteiger partial charge in [0.2, 0.25) is 0 Å². The second-order valence-corrected chi connectivity index (χ2v) is 11.0. The summed E-state index contributed by atoms with van der Waals surface area (Å²) < 4.78 is 29.5. The molecule has 168 valence electrons. The van der Waals surface area contributed by atoms with Crippen molar-refractivity contribution in [2.24, 2.45) is 11.3 Å². The minimum Gasteiger partial charge on any atom is -0.469 e. The van der Waals surface area contributed by atoms with Crippen molar-refractivity contribution < 1.29 is 27.9 Å². The van der Waals surface area contributed by atoms with E-state index in [0.29, 0.717) is 19.3 Å². The number of hydrogen-bond donors (Lipinski definition) is 1. The number of ketones is 1. The SMILES string of the molecule is CCCCC(C)(C)C(=O)C=C[C@@H]1[C@@H](O)CS(=O)(=O)[C@H]1CCCCCCC(=O)OC. The van der Waals surface area contributed by atoms with Gasteiger partial charge in [0.25, 0.3) is 0 Å². The van der Waals surface area contributed by atoms with Gasteiger partial charge in [-0.2, -0.15) is 0 Å². The zero-order valence-electron chi connectivity index (χ0n) is 18.4. The first-order valence-electron chi connectivity index (χ1n) is 10.7. The lowest BCUT2D eigenvalue weighted by Gasteiger charge is -2.22. The number of ether oxygens (including phenoxy) is 1. The van der Waals surface area contributed by atoms with Gasteiger partial charge in [-0.25, -0.2) is 8.42 Å². The Morgan fingerprint density at radius 1 is 1.14 bits per heavy atom. The fourth-order valence-electron chi connectivity index (χ4n) is 3.82. The lowest BCUT2D eigenvalue weighted by Crippen LogP contribution is -2.26. The number of rotatable bonds is 13. The van der Waals surface area contributed by atoms with Gasteiger partial charge >= 0.3 is 5.97 Å². The summed E-state index contributed by atoms with van der Waals surface area (Å²) in [4.78, 5) is 23.7. The maximum atomic E-state index is 12.6. The van der Waals surface area contributed by atoms with Crippen LogP contribution < -0.4 is 0 Å². The highest BCUT2D eigenvalue weighted by Crippen LogP contribution is 2.33. The number of sulfone groups is 1. The molecule has 0 saturated carbocycles. The van der Waals surface area contributed by atoms with Crippen LogP contribution in [-0.4, -0.2) is 49.5 Å². The highest BCUT2D eigenvalue weighted by atomic mass is 32.2. The van der Waals surface area contributed by atoms with Crippen molar-refractivity contribution in [3.8, 4) is 0 Å². The van der Waals surface area contributed by atoms with E-state index in [2.05, 4.69) is 11.7 Å². The van der Waals surface area contributed by atoms with Crippen molar-refractivity contribution in [1.29, 1.82) is 0 Å². The molecule has 0 radical (unpaired) electrons. The first-order chi connectivity index (χ1) is 13.5. The van der Waals surface area contributed by atoms with Crippen LogP contribution >= 0.6 is 0 Å². The molecule has 0 unspecified atom stereocenters. The van der Waals surface area contributed by atoms with Crippen LogP contribution in [0.1, 0.15) is 78.6 Å². The van der Waals surface area contributed by atoms with Gasteiger partial charge in [-0.15, -0.1) is 0 Å². The fourth-order valence-corrected chi connectivity index (χ4v) is 6.04. The molecule has 0 aromatic rings. The average Bonchev–Trinajstić information content (AvgIpc) is 2.87. The van der Waals surface area contributed by atoms with Crippen molar-refractivity contribution >= 4 is 21.6 Å². The zero-order valence-corrected chi connectivity index (χ0v) is 19.2. The van der Waals surface area contributed by atoms with Gasteiger partial charge in [-0.3, -0.25) is 9.59 Å². The van der Waals surface area contributed by atoms with Crippen LogP contribution in [0.2, 0.25) is 0 Å². The molecule has 0 amide bonds. The molecule has 3 atom stereocenters. The molecule has 29 heavy (non-hydrogen) atoms. The topological polar surface area (TPSA) is 97.7 Å². The Balaban J connectivity index is 2.65. The second-order valence-electron chi connectivity index (χ2n) is 8.75.